The number of anilines is 1. The third-order valence-corrected chi connectivity index (χ3v) is 6.81. The number of rotatable bonds is 4. The molecule has 2 heterocycles. The first kappa shape index (κ1) is 20.3. The zero-order valence-corrected chi connectivity index (χ0v) is 17.5. The lowest BCUT2D eigenvalue weighted by atomic mass is 9.92. The normalized spacial score (nSPS) is 24.2. The molecule has 1 unspecified atom stereocenters. The molecular formula is C23H32FN3O2. The van der Waals surface area contributed by atoms with Crippen LogP contribution in [0.5, 0.6) is 0 Å². The number of carbonyl (C=O) groups is 2. The van der Waals surface area contributed by atoms with Crippen molar-refractivity contribution >= 4 is 17.5 Å². The van der Waals surface area contributed by atoms with E-state index in [0.717, 1.165) is 31.6 Å². The van der Waals surface area contributed by atoms with Crippen molar-refractivity contribution in [1.29, 1.82) is 0 Å². The molecule has 1 atom stereocenters. The lowest BCUT2D eigenvalue weighted by Crippen LogP contribution is -2.50. The quantitative estimate of drug-likeness (QED) is 0.835. The average molecular weight is 402 g/mol. The van der Waals surface area contributed by atoms with Gasteiger partial charge in [-0.1, -0.05) is 33.1 Å². The summed E-state index contributed by atoms with van der Waals surface area (Å²) in [5, 5.41) is 2.83. The van der Waals surface area contributed by atoms with E-state index in [-0.39, 0.29) is 29.6 Å². The van der Waals surface area contributed by atoms with Crippen LogP contribution in [0.3, 0.4) is 0 Å². The van der Waals surface area contributed by atoms with Crippen LogP contribution in [0.25, 0.3) is 0 Å². The van der Waals surface area contributed by atoms with E-state index in [4.69, 9.17) is 0 Å². The molecule has 0 radical (unpaired) electrons. The van der Waals surface area contributed by atoms with E-state index in [0.29, 0.717) is 11.6 Å². The summed E-state index contributed by atoms with van der Waals surface area (Å²) < 4.78 is 13.9. The summed E-state index contributed by atoms with van der Waals surface area (Å²) in [7, 11) is 0. The molecule has 0 spiro atoms. The Balaban J connectivity index is 1.50. The van der Waals surface area contributed by atoms with Gasteiger partial charge in [0.1, 0.15) is 11.9 Å². The van der Waals surface area contributed by atoms with Crippen molar-refractivity contribution < 1.29 is 14.0 Å². The smallest absolute Gasteiger partial charge is 0.254 e. The van der Waals surface area contributed by atoms with Crippen molar-refractivity contribution in [1.82, 2.24) is 10.2 Å². The van der Waals surface area contributed by atoms with Gasteiger partial charge in [0, 0.05) is 36.7 Å². The largest absolute Gasteiger partial charge is 0.340 e. The summed E-state index contributed by atoms with van der Waals surface area (Å²) in [5.41, 5.74) is 1.33. The fourth-order valence-electron chi connectivity index (χ4n) is 5.15. The Labute approximate surface area is 172 Å². The molecule has 1 aliphatic carbocycles. The van der Waals surface area contributed by atoms with Gasteiger partial charge in [0.15, 0.2) is 0 Å². The molecule has 2 aliphatic heterocycles. The number of nitrogens with one attached hydrogen (secondary N) is 1. The van der Waals surface area contributed by atoms with Crippen LogP contribution in [-0.2, 0) is 9.59 Å². The SMILES string of the molecule is CC(C)C(=O)NC1C(=O)N(C2CCN(C3CCCCC3)CC2)c2ccc(F)cc21. The van der Waals surface area contributed by atoms with Crippen LogP contribution < -0.4 is 10.2 Å². The molecule has 3 aliphatic rings. The van der Waals surface area contributed by atoms with Gasteiger partial charge in [-0.2, -0.15) is 0 Å². The Bertz CT molecular complexity index is 767. The van der Waals surface area contributed by atoms with Gasteiger partial charge in [0.2, 0.25) is 5.91 Å². The maximum Gasteiger partial charge on any atom is 0.254 e. The highest BCUT2D eigenvalue weighted by molar-refractivity contribution is 6.06. The maximum atomic E-state index is 13.9. The molecule has 5 nitrogen and oxygen atoms in total. The van der Waals surface area contributed by atoms with Crippen molar-refractivity contribution in [2.24, 2.45) is 5.92 Å². The number of fused-ring (bicyclic) bond motifs is 1. The Morgan fingerprint density at radius 3 is 2.41 bits per heavy atom. The highest BCUT2D eigenvalue weighted by Crippen LogP contribution is 2.40. The van der Waals surface area contributed by atoms with E-state index in [9.17, 15) is 14.0 Å². The minimum Gasteiger partial charge on any atom is -0.340 e. The van der Waals surface area contributed by atoms with E-state index < -0.39 is 6.04 Å². The van der Waals surface area contributed by atoms with Gasteiger partial charge in [-0.3, -0.25) is 9.59 Å². The van der Waals surface area contributed by atoms with Crippen molar-refractivity contribution in [2.75, 3.05) is 18.0 Å². The zero-order chi connectivity index (χ0) is 20.5. The predicted octanol–water partition coefficient (Wildman–Crippen LogP) is 3.78. The number of piperidine rings is 1. The second-order valence-corrected chi connectivity index (χ2v) is 9.07. The van der Waals surface area contributed by atoms with Crippen LogP contribution in [0.1, 0.15) is 70.4 Å². The molecule has 4 rings (SSSR count). The zero-order valence-electron chi connectivity index (χ0n) is 17.5. The molecule has 158 valence electrons. The molecule has 2 amide bonds. The molecule has 2 fully saturated rings. The Hall–Kier alpha value is -1.95. The topological polar surface area (TPSA) is 52.7 Å². The lowest BCUT2D eigenvalue weighted by molar-refractivity contribution is -0.129. The second-order valence-electron chi connectivity index (χ2n) is 9.07. The molecule has 6 heteroatoms. The summed E-state index contributed by atoms with van der Waals surface area (Å²) >= 11 is 0. The predicted molar refractivity (Wildman–Crippen MR) is 111 cm³/mol. The van der Waals surface area contributed by atoms with E-state index in [1.807, 2.05) is 4.90 Å². The first-order chi connectivity index (χ1) is 14.0. The highest BCUT2D eigenvalue weighted by atomic mass is 19.1. The van der Waals surface area contributed by atoms with Gasteiger partial charge >= 0.3 is 0 Å². The van der Waals surface area contributed by atoms with Crippen molar-refractivity contribution in [3.8, 4) is 0 Å². The standard InChI is InChI=1S/C23H32FN3O2/c1-15(2)22(28)25-21-19-14-16(24)8-9-20(19)27(23(21)29)18-10-12-26(13-11-18)17-6-4-3-5-7-17/h8-9,14-15,17-18,21H,3-7,10-13H2,1-2H3,(H,25,28). The van der Waals surface area contributed by atoms with Crippen LogP contribution in [-0.4, -0.2) is 41.9 Å². The highest BCUT2D eigenvalue weighted by Gasteiger charge is 2.43. The lowest BCUT2D eigenvalue weighted by Gasteiger charge is -2.41. The van der Waals surface area contributed by atoms with Crippen LogP contribution in [0.15, 0.2) is 18.2 Å². The van der Waals surface area contributed by atoms with Crippen LogP contribution >= 0.6 is 0 Å². The van der Waals surface area contributed by atoms with Crippen LogP contribution in [0.2, 0.25) is 0 Å². The summed E-state index contributed by atoms with van der Waals surface area (Å²) in [5.74, 6) is -0.926. The van der Waals surface area contributed by atoms with Gasteiger partial charge in [-0.05, 0) is 43.9 Å². The van der Waals surface area contributed by atoms with Crippen molar-refractivity contribution in [2.45, 2.75) is 76.9 Å². The summed E-state index contributed by atoms with van der Waals surface area (Å²) in [6.45, 7) is 5.58. The van der Waals surface area contributed by atoms with Crippen LogP contribution in [0, 0.1) is 11.7 Å². The monoisotopic (exact) mass is 401 g/mol. The number of benzene rings is 1. The molecule has 1 saturated heterocycles. The van der Waals surface area contributed by atoms with Crippen molar-refractivity contribution in [3.05, 3.63) is 29.6 Å². The van der Waals surface area contributed by atoms with Gasteiger partial charge < -0.3 is 15.1 Å². The first-order valence-electron chi connectivity index (χ1n) is 11.1. The summed E-state index contributed by atoms with van der Waals surface area (Å²) in [4.78, 5) is 30.0. The van der Waals surface area contributed by atoms with E-state index in [1.54, 1.807) is 19.9 Å². The minimum absolute atomic E-state index is 0.104. The second kappa shape index (κ2) is 8.42. The number of hydrogen-bond donors (Lipinski definition) is 1. The number of hydrogen-bond acceptors (Lipinski definition) is 3. The van der Waals surface area contributed by atoms with Gasteiger partial charge in [-0.15, -0.1) is 0 Å². The molecule has 0 aromatic heterocycles. The summed E-state index contributed by atoms with van der Waals surface area (Å²) in [6, 6.07) is 4.51. The fraction of sp³-hybridized carbons (Fsp3) is 0.652. The third-order valence-electron chi connectivity index (χ3n) is 6.81. The van der Waals surface area contributed by atoms with Gasteiger partial charge in [0.05, 0.1) is 5.69 Å². The summed E-state index contributed by atoms with van der Waals surface area (Å²) in [6.07, 6.45) is 8.42. The molecular weight excluding hydrogens is 369 g/mol. The molecule has 29 heavy (non-hydrogen) atoms. The molecule has 0 bridgehead atoms. The fourth-order valence-corrected chi connectivity index (χ4v) is 5.15. The Morgan fingerprint density at radius 1 is 1.07 bits per heavy atom. The molecule has 1 aromatic carbocycles. The number of nitrogens with zero attached hydrogens (tertiary/aromatic N) is 2. The van der Waals surface area contributed by atoms with Gasteiger partial charge in [0.25, 0.3) is 5.91 Å². The number of likely N-dealkylation sites (tertiary alicyclic amines) is 1. The molecule has 1 N–H and O–H groups in total. The van der Waals surface area contributed by atoms with E-state index in [2.05, 4.69) is 10.2 Å². The van der Waals surface area contributed by atoms with Crippen LogP contribution in [0.4, 0.5) is 10.1 Å². The number of amides is 2. The molecule has 1 saturated carbocycles. The Morgan fingerprint density at radius 2 is 1.76 bits per heavy atom. The van der Waals surface area contributed by atoms with Crippen molar-refractivity contribution in [3.63, 3.8) is 0 Å². The van der Waals surface area contributed by atoms with Gasteiger partial charge in [-0.25, -0.2) is 4.39 Å². The molecule has 1 aromatic rings. The number of carbonyl (C=O) groups excluding carboxylic acids is 2. The minimum atomic E-state index is -0.785. The van der Waals surface area contributed by atoms with E-state index >= 15 is 0 Å². The maximum absolute atomic E-state index is 13.9. The third kappa shape index (κ3) is 4.04. The van der Waals surface area contributed by atoms with E-state index in [1.165, 1.54) is 44.2 Å². The average Bonchev–Trinajstić information content (AvgIpc) is 2.99. The number of halogens is 1. The Kier molecular flexibility index (Phi) is 5.91. The first-order valence-corrected chi connectivity index (χ1v) is 11.1.